The van der Waals surface area contributed by atoms with Gasteiger partial charge >= 0.3 is 0 Å². The van der Waals surface area contributed by atoms with E-state index in [9.17, 15) is 23.7 Å². The molecule has 3 aromatic rings. The molecule has 1 heterocycles. The van der Waals surface area contributed by atoms with E-state index in [-0.39, 0.29) is 11.3 Å². The monoisotopic (exact) mass is 397 g/mol. The highest BCUT2D eigenvalue weighted by molar-refractivity contribution is 6.04. The van der Waals surface area contributed by atoms with Gasteiger partial charge in [-0.25, -0.2) is 13.8 Å². The van der Waals surface area contributed by atoms with Crippen molar-refractivity contribution in [2.24, 2.45) is 0 Å². The van der Waals surface area contributed by atoms with Crippen LogP contribution in [0.5, 0.6) is 11.5 Å². The van der Waals surface area contributed by atoms with Crippen LogP contribution in [0.4, 0.5) is 20.2 Å². The van der Waals surface area contributed by atoms with Gasteiger partial charge in [-0.05, 0) is 12.1 Å². The molecule has 144 valence electrons. The number of aromatic nitrogens is 2. The molecule has 0 saturated heterocycles. The molecule has 0 unspecified atom stereocenters. The first-order chi connectivity index (χ1) is 13.9. The summed E-state index contributed by atoms with van der Waals surface area (Å²) in [5.41, 5.74) is -1.56. The fourth-order valence-electron chi connectivity index (χ4n) is 2.29. The highest BCUT2D eigenvalue weighted by Gasteiger charge is 2.23. The van der Waals surface area contributed by atoms with Gasteiger partial charge in [0.1, 0.15) is 17.5 Å². The molecule has 29 heavy (non-hydrogen) atoms. The summed E-state index contributed by atoms with van der Waals surface area (Å²) in [6.07, 6.45) is 3.68. The zero-order valence-corrected chi connectivity index (χ0v) is 14.3. The molecule has 0 saturated carbocycles. The van der Waals surface area contributed by atoms with E-state index in [1.807, 2.05) is 0 Å². The maximum Gasteiger partial charge on any atom is 0.296 e. The van der Waals surface area contributed by atoms with Crippen LogP contribution in [0.25, 0.3) is 0 Å². The summed E-state index contributed by atoms with van der Waals surface area (Å²) in [6.45, 7) is 0. The van der Waals surface area contributed by atoms with Crippen LogP contribution in [-0.2, 0) is 0 Å². The number of nitro groups is 1. The predicted molar refractivity (Wildman–Crippen MR) is 94.2 cm³/mol. The lowest BCUT2D eigenvalue weighted by atomic mass is 10.2. The Morgan fingerprint density at radius 1 is 1.24 bits per heavy atom. The van der Waals surface area contributed by atoms with Gasteiger partial charge in [0.25, 0.3) is 11.6 Å². The van der Waals surface area contributed by atoms with Crippen LogP contribution in [0.3, 0.4) is 0 Å². The van der Waals surface area contributed by atoms with Crippen molar-refractivity contribution in [3.8, 4) is 17.6 Å². The molecule has 0 bridgehead atoms. The Labute approximate surface area is 161 Å². The Bertz CT molecular complexity index is 1150. The fraction of sp³-hybridized carbons (Fsp3) is 0. The Kier molecular flexibility index (Phi) is 5.36. The minimum Gasteiger partial charge on any atom is -0.450 e. The second kappa shape index (κ2) is 8.05. The Morgan fingerprint density at radius 3 is 2.69 bits per heavy atom. The standard InChI is InChI=1S/C18H9F2N5O4/c19-11-3-1-2-10(8-21)17(11)29-16-7-15(25(27)28)13(6-12(16)20)24-18(26)14-9-22-4-5-23-14/h1-7,9H,(H,24,26). The highest BCUT2D eigenvalue weighted by Crippen LogP contribution is 2.36. The van der Waals surface area contributed by atoms with Crippen molar-refractivity contribution in [2.45, 2.75) is 0 Å². The topological polar surface area (TPSA) is 131 Å². The zero-order valence-electron chi connectivity index (χ0n) is 14.3. The van der Waals surface area contributed by atoms with E-state index >= 15 is 0 Å². The largest absolute Gasteiger partial charge is 0.450 e. The van der Waals surface area contributed by atoms with E-state index in [0.29, 0.717) is 12.1 Å². The van der Waals surface area contributed by atoms with Gasteiger partial charge in [0.2, 0.25) is 0 Å². The van der Waals surface area contributed by atoms with Crippen LogP contribution >= 0.6 is 0 Å². The minimum atomic E-state index is -1.13. The molecule has 9 nitrogen and oxygen atoms in total. The summed E-state index contributed by atoms with van der Waals surface area (Å²) in [5.74, 6) is -4.21. The SMILES string of the molecule is N#Cc1cccc(F)c1Oc1cc([N+](=O)[O-])c(NC(=O)c2cnccn2)cc1F. The number of benzene rings is 2. The number of amides is 1. The zero-order chi connectivity index (χ0) is 21.0. The molecule has 0 aliphatic heterocycles. The number of rotatable bonds is 5. The molecule has 3 rings (SSSR count). The van der Waals surface area contributed by atoms with Crippen LogP contribution in [0.15, 0.2) is 48.9 Å². The third-order valence-electron chi connectivity index (χ3n) is 3.59. The van der Waals surface area contributed by atoms with Gasteiger partial charge in [0.15, 0.2) is 23.1 Å². The van der Waals surface area contributed by atoms with Crippen LogP contribution in [0, 0.1) is 33.1 Å². The Morgan fingerprint density at radius 2 is 2.03 bits per heavy atom. The van der Waals surface area contributed by atoms with Crippen molar-refractivity contribution >= 4 is 17.3 Å². The van der Waals surface area contributed by atoms with Gasteiger partial charge < -0.3 is 10.1 Å². The fourth-order valence-corrected chi connectivity index (χ4v) is 2.29. The van der Waals surface area contributed by atoms with Gasteiger partial charge in [-0.2, -0.15) is 5.26 Å². The molecule has 0 aliphatic rings. The smallest absolute Gasteiger partial charge is 0.296 e. The molecule has 1 N–H and O–H groups in total. The molecule has 0 atom stereocenters. The molecule has 1 aromatic heterocycles. The maximum atomic E-state index is 14.5. The van der Waals surface area contributed by atoms with E-state index < -0.39 is 45.3 Å². The van der Waals surface area contributed by atoms with Gasteiger partial charge in [-0.15, -0.1) is 0 Å². The lowest BCUT2D eigenvalue weighted by molar-refractivity contribution is -0.384. The van der Waals surface area contributed by atoms with Crippen LogP contribution in [0.1, 0.15) is 16.1 Å². The Balaban J connectivity index is 1.99. The maximum absolute atomic E-state index is 14.5. The highest BCUT2D eigenvalue weighted by atomic mass is 19.1. The number of para-hydroxylation sites is 1. The Hall–Kier alpha value is -4.46. The normalized spacial score (nSPS) is 10.1. The van der Waals surface area contributed by atoms with Crippen molar-refractivity contribution in [2.75, 3.05) is 5.32 Å². The van der Waals surface area contributed by atoms with Gasteiger partial charge in [0.05, 0.1) is 22.7 Å². The number of anilines is 1. The third-order valence-corrected chi connectivity index (χ3v) is 3.59. The van der Waals surface area contributed by atoms with Crippen molar-refractivity contribution in [3.05, 3.63) is 81.9 Å². The molecule has 1 amide bonds. The number of nitro benzene ring substituents is 1. The average molecular weight is 397 g/mol. The first-order valence-electron chi connectivity index (χ1n) is 7.82. The second-order valence-electron chi connectivity index (χ2n) is 5.43. The minimum absolute atomic E-state index is 0.146. The summed E-state index contributed by atoms with van der Waals surface area (Å²) in [5, 5.41) is 22.6. The number of hydrogen-bond acceptors (Lipinski definition) is 7. The van der Waals surface area contributed by atoms with Crippen molar-refractivity contribution in [1.29, 1.82) is 5.26 Å². The number of nitrogens with one attached hydrogen (secondary N) is 1. The summed E-state index contributed by atoms with van der Waals surface area (Å²) in [6, 6.07) is 6.48. The summed E-state index contributed by atoms with van der Waals surface area (Å²) in [7, 11) is 0. The number of nitrogens with zero attached hydrogens (tertiary/aromatic N) is 4. The van der Waals surface area contributed by atoms with Gasteiger partial charge in [0, 0.05) is 18.5 Å². The van der Waals surface area contributed by atoms with E-state index in [1.165, 1.54) is 24.5 Å². The second-order valence-corrected chi connectivity index (χ2v) is 5.43. The van der Waals surface area contributed by atoms with E-state index in [0.717, 1.165) is 12.3 Å². The van der Waals surface area contributed by atoms with E-state index in [1.54, 1.807) is 6.07 Å². The third kappa shape index (κ3) is 4.11. The number of nitriles is 1. The van der Waals surface area contributed by atoms with Crippen molar-refractivity contribution in [3.63, 3.8) is 0 Å². The quantitative estimate of drug-likeness (QED) is 0.514. The summed E-state index contributed by atoms with van der Waals surface area (Å²) < 4.78 is 33.5. The van der Waals surface area contributed by atoms with Gasteiger partial charge in [-0.1, -0.05) is 6.07 Å². The molecular weight excluding hydrogens is 388 g/mol. The average Bonchev–Trinajstić information content (AvgIpc) is 2.71. The number of ether oxygens (including phenoxy) is 1. The lowest BCUT2D eigenvalue weighted by Crippen LogP contribution is -2.15. The number of hydrogen-bond donors (Lipinski definition) is 1. The number of carbonyl (C=O) groups excluding carboxylic acids is 1. The van der Waals surface area contributed by atoms with Crippen molar-refractivity contribution in [1.82, 2.24) is 9.97 Å². The van der Waals surface area contributed by atoms with E-state index in [4.69, 9.17) is 10.00 Å². The first kappa shape index (κ1) is 19.3. The van der Waals surface area contributed by atoms with Crippen molar-refractivity contribution < 1.29 is 23.2 Å². The summed E-state index contributed by atoms with van der Waals surface area (Å²) >= 11 is 0. The first-order valence-corrected chi connectivity index (χ1v) is 7.82. The molecule has 2 aromatic carbocycles. The van der Waals surface area contributed by atoms with Crippen LogP contribution in [0.2, 0.25) is 0 Å². The molecular formula is C18H9F2N5O4. The lowest BCUT2D eigenvalue weighted by Gasteiger charge is -2.11. The van der Waals surface area contributed by atoms with E-state index in [2.05, 4.69) is 15.3 Å². The predicted octanol–water partition coefficient (Wildman–Crippen LogP) is 3.58. The molecule has 0 aliphatic carbocycles. The van der Waals surface area contributed by atoms with Crippen LogP contribution in [-0.4, -0.2) is 20.8 Å². The number of carbonyl (C=O) groups is 1. The molecule has 0 spiro atoms. The van der Waals surface area contributed by atoms with Crippen LogP contribution < -0.4 is 10.1 Å². The molecule has 0 fully saturated rings. The molecule has 0 radical (unpaired) electrons. The van der Waals surface area contributed by atoms with Gasteiger partial charge in [-0.3, -0.25) is 19.9 Å². The summed E-state index contributed by atoms with van der Waals surface area (Å²) in [4.78, 5) is 30.0. The molecule has 11 heteroatoms. The number of halogens is 2.